The Kier molecular flexibility index (Phi) is 4.19. The van der Waals surface area contributed by atoms with E-state index >= 15 is 0 Å². The van der Waals surface area contributed by atoms with Crippen LogP contribution in [0.15, 0.2) is 12.3 Å². The smallest absolute Gasteiger partial charge is 0.289 e. The first-order chi connectivity index (χ1) is 9.76. The molecule has 8 nitrogen and oxygen atoms in total. The quantitative estimate of drug-likeness (QED) is 0.625. The second-order valence-corrected chi connectivity index (χ2v) is 6.02. The molecule has 1 fully saturated rings. The van der Waals surface area contributed by atoms with Gasteiger partial charge in [0, 0.05) is 19.2 Å². The Morgan fingerprint density at radius 3 is 2.81 bits per heavy atom. The fourth-order valence-corrected chi connectivity index (χ4v) is 2.07. The van der Waals surface area contributed by atoms with Crippen LogP contribution in [-0.2, 0) is 25.7 Å². The van der Waals surface area contributed by atoms with E-state index in [1.165, 1.54) is 6.07 Å². The zero-order valence-electron chi connectivity index (χ0n) is 11.0. The zero-order valence-corrected chi connectivity index (χ0v) is 11.8. The number of nitrogens with one attached hydrogen (secondary N) is 1. The Morgan fingerprint density at radius 2 is 2.19 bits per heavy atom. The molecule has 0 saturated carbocycles. The van der Waals surface area contributed by atoms with E-state index in [9.17, 15) is 22.4 Å². The van der Waals surface area contributed by atoms with Crippen LogP contribution in [0.5, 0.6) is 0 Å². The Labute approximate surface area is 120 Å². The third-order valence-electron chi connectivity index (χ3n) is 2.66. The molecule has 0 radical (unpaired) electrons. The Morgan fingerprint density at radius 1 is 1.48 bits per heavy atom. The highest BCUT2D eigenvalue weighted by Crippen LogP contribution is 2.21. The lowest BCUT2D eigenvalue weighted by Gasteiger charge is -2.26. The van der Waals surface area contributed by atoms with Crippen molar-refractivity contribution >= 4 is 27.7 Å². The van der Waals surface area contributed by atoms with E-state index in [0.717, 1.165) is 17.4 Å². The summed E-state index contributed by atoms with van der Waals surface area (Å²) in [6.45, 7) is -0.312. The average molecular weight is 317 g/mol. The monoisotopic (exact) mass is 317 g/mol. The molecular weight excluding hydrogens is 305 g/mol. The van der Waals surface area contributed by atoms with Crippen LogP contribution in [0.1, 0.15) is 12.0 Å². The van der Waals surface area contributed by atoms with E-state index in [-0.39, 0.29) is 30.8 Å². The SMILES string of the molecule is CS(=O)(=O)OCc1cnc(F)c(N2CCC(=O)NC2=O)c1. The van der Waals surface area contributed by atoms with E-state index in [1.54, 1.807) is 0 Å². The van der Waals surface area contributed by atoms with Crippen LogP contribution in [0.2, 0.25) is 0 Å². The number of amides is 3. The molecule has 1 aromatic heterocycles. The highest BCUT2D eigenvalue weighted by Gasteiger charge is 2.27. The second kappa shape index (κ2) is 5.74. The van der Waals surface area contributed by atoms with Crippen molar-refractivity contribution in [1.82, 2.24) is 10.3 Å². The van der Waals surface area contributed by atoms with Crippen LogP contribution >= 0.6 is 0 Å². The standard InChI is InChI=1S/C11H12FN3O5S/c1-21(18,19)20-6-7-4-8(10(12)13-5-7)15-3-2-9(16)14-11(15)17/h4-5H,2-3,6H2,1H3,(H,14,16,17). The lowest BCUT2D eigenvalue weighted by molar-refractivity contribution is -0.120. The van der Waals surface area contributed by atoms with Gasteiger partial charge < -0.3 is 0 Å². The summed E-state index contributed by atoms with van der Waals surface area (Å²) < 4.78 is 40.1. The fraction of sp³-hybridized carbons (Fsp3) is 0.364. The van der Waals surface area contributed by atoms with Gasteiger partial charge in [0.1, 0.15) is 5.69 Å². The third-order valence-corrected chi connectivity index (χ3v) is 3.21. The van der Waals surface area contributed by atoms with Gasteiger partial charge in [-0.05, 0) is 11.6 Å². The molecule has 1 aliphatic rings. The van der Waals surface area contributed by atoms with Gasteiger partial charge in [-0.2, -0.15) is 12.8 Å². The number of rotatable bonds is 4. The molecule has 0 bridgehead atoms. The number of aromatic nitrogens is 1. The third kappa shape index (κ3) is 3.95. The normalized spacial score (nSPS) is 16.0. The molecule has 2 heterocycles. The van der Waals surface area contributed by atoms with Crippen molar-refractivity contribution in [2.75, 3.05) is 17.7 Å². The van der Waals surface area contributed by atoms with Crippen LogP contribution in [-0.4, -0.2) is 38.1 Å². The van der Waals surface area contributed by atoms with Gasteiger partial charge in [0.25, 0.3) is 10.1 Å². The van der Waals surface area contributed by atoms with Crippen molar-refractivity contribution in [2.45, 2.75) is 13.0 Å². The first-order valence-electron chi connectivity index (χ1n) is 5.86. The predicted molar refractivity (Wildman–Crippen MR) is 69.3 cm³/mol. The molecule has 114 valence electrons. The molecule has 2 rings (SSSR count). The summed E-state index contributed by atoms with van der Waals surface area (Å²) in [5, 5.41) is 2.06. The largest absolute Gasteiger partial charge is 0.328 e. The lowest BCUT2D eigenvalue weighted by Crippen LogP contribution is -2.50. The predicted octanol–water partition coefficient (Wildman–Crippen LogP) is 0.143. The molecule has 1 aromatic rings. The minimum absolute atomic E-state index is 0.0135. The molecular formula is C11H12FN3O5S. The van der Waals surface area contributed by atoms with Gasteiger partial charge in [-0.25, -0.2) is 9.78 Å². The Balaban J connectivity index is 2.23. The van der Waals surface area contributed by atoms with Crippen LogP contribution in [0.3, 0.4) is 0 Å². The molecule has 10 heteroatoms. The number of urea groups is 1. The van der Waals surface area contributed by atoms with Crippen molar-refractivity contribution in [2.24, 2.45) is 0 Å². The number of halogens is 1. The number of hydrogen-bond donors (Lipinski definition) is 1. The van der Waals surface area contributed by atoms with Gasteiger partial charge in [-0.3, -0.25) is 19.2 Å². The van der Waals surface area contributed by atoms with E-state index in [2.05, 4.69) is 14.5 Å². The average Bonchev–Trinajstić information content (AvgIpc) is 2.37. The maximum Gasteiger partial charge on any atom is 0.328 e. The summed E-state index contributed by atoms with van der Waals surface area (Å²) in [4.78, 5) is 27.2. The summed E-state index contributed by atoms with van der Waals surface area (Å²) >= 11 is 0. The molecule has 21 heavy (non-hydrogen) atoms. The molecule has 0 spiro atoms. The van der Waals surface area contributed by atoms with E-state index < -0.39 is 28.0 Å². The molecule has 1 N–H and O–H groups in total. The summed E-state index contributed by atoms with van der Waals surface area (Å²) in [5.74, 6) is -1.34. The van der Waals surface area contributed by atoms with Crippen LogP contribution in [0.4, 0.5) is 14.9 Å². The van der Waals surface area contributed by atoms with Gasteiger partial charge in [-0.15, -0.1) is 0 Å². The maximum absolute atomic E-state index is 13.7. The van der Waals surface area contributed by atoms with Crippen molar-refractivity contribution < 1.29 is 26.6 Å². The molecule has 3 amide bonds. The first kappa shape index (κ1) is 15.3. The first-order valence-corrected chi connectivity index (χ1v) is 7.68. The van der Waals surface area contributed by atoms with Gasteiger partial charge in [0.2, 0.25) is 11.9 Å². The molecule has 0 unspecified atom stereocenters. The highest BCUT2D eigenvalue weighted by molar-refractivity contribution is 7.85. The minimum atomic E-state index is -3.65. The van der Waals surface area contributed by atoms with Gasteiger partial charge in [0.15, 0.2) is 0 Å². The Hall–Kier alpha value is -2.07. The number of nitrogens with zero attached hydrogens (tertiary/aromatic N) is 2. The number of imide groups is 1. The van der Waals surface area contributed by atoms with Crippen molar-refractivity contribution in [3.8, 4) is 0 Å². The van der Waals surface area contributed by atoms with E-state index in [1.807, 2.05) is 0 Å². The molecule has 0 aliphatic carbocycles. The van der Waals surface area contributed by atoms with E-state index in [4.69, 9.17) is 0 Å². The Bertz CT molecular complexity index is 691. The van der Waals surface area contributed by atoms with Crippen molar-refractivity contribution in [1.29, 1.82) is 0 Å². The fourth-order valence-electron chi connectivity index (χ4n) is 1.72. The summed E-state index contributed by atoms with van der Waals surface area (Å²) in [7, 11) is -3.65. The highest BCUT2D eigenvalue weighted by atomic mass is 32.2. The van der Waals surface area contributed by atoms with Crippen LogP contribution in [0, 0.1) is 5.95 Å². The number of carbonyl (C=O) groups excluding carboxylic acids is 2. The van der Waals surface area contributed by atoms with Crippen LogP contribution < -0.4 is 10.2 Å². The topological polar surface area (TPSA) is 106 Å². The van der Waals surface area contributed by atoms with Gasteiger partial charge >= 0.3 is 6.03 Å². The van der Waals surface area contributed by atoms with Crippen LogP contribution in [0.25, 0.3) is 0 Å². The summed E-state index contributed by atoms with van der Waals surface area (Å²) in [6, 6.07) is 0.497. The second-order valence-electron chi connectivity index (χ2n) is 4.37. The number of hydrogen-bond acceptors (Lipinski definition) is 6. The molecule has 0 atom stereocenters. The molecule has 0 aromatic carbocycles. The van der Waals surface area contributed by atoms with Gasteiger partial charge in [0.05, 0.1) is 12.9 Å². The molecule has 1 saturated heterocycles. The number of carbonyl (C=O) groups is 2. The number of anilines is 1. The molecule has 1 aliphatic heterocycles. The lowest BCUT2D eigenvalue weighted by atomic mass is 10.2. The van der Waals surface area contributed by atoms with E-state index in [0.29, 0.717) is 0 Å². The van der Waals surface area contributed by atoms with Crippen molar-refractivity contribution in [3.63, 3.8) is 0 Å². The maximum atomic E-state index is 13.7. The number of pyridine rings is 1. The summed E-state index contributed by atoms with van der Waals surface area (Å²) in [5.41, 5.74) is 0.135. The zero-order chi connectivity index (χ0) is 15.6. The summed E-state index contributed by atoms with van der Waals surface area (Å²) in [6.07, 6.45) is 2.03. The van der Waals surface area contributed by atoms with Gasteiger partial charge in [-0.1, -0.05) is 0 Å². The minimum Gasteiger partial charge on any atom is -0.289 e. The van der Waals surface area contributed by atoms with Crippen molar-refractivity contribution in [3.05, 3.63) is 23.8 Å².